The number of aryl methyl sites for hydroxylation is 2. The molecule has 0 aliphatic carbocycles. The Morgan fingerprint density at radius 2 is 2.10 bits per heavy atom. The minimum Gasteiger partial charge on any atom is -0.351 e. The SMILES string of the molecule is Cc1cc(C(=O)NCCSCc2ccccc2F)c(C)s1. The van der Waals surface area contributed by atoms with Gasteiger partial charge in [-0.05, 0) is 31.5 Å². The van der Waals surface area contributed by atoms with Crippen molar-refractivity contribution in [2.45, 2.75) is 19.6 Å². The van der Waals surface area contributed by atoms with Crippen molar-refractivity contribution < 1.29 is 9.18 Å². The van der Waals surface area contributed by atoms with Crippen LogP contribution in [0.5, 0.6) is 0 Å². The highest BCUT2D eigenvalue weighted by molar-refractivity contribution is 7.98. The molecule has 0 bridgehead atoms. The number of thiophene rings is 1. The first kappa shape index (κ1) is 16.0. The maximum Gasteiger partial charge on any atom is 0.252 e. The zero-order valence-electron chi connectivity index (χ0n) is 12.1. The summed E-state index contributed by atoms with van der Waals surface area (Å²) in [7, 11) is 0. The first-order valence-corrected chi connectivity index (χ1v) is 8.71. The quantitative estimate of drug-likeness (QED) is 0.809. The largest absolute Gasteiger partial charge is 0.351 e. The van der Waals surface area contributed by atoms with E-state index >= 15 is 0 Å². The summed E-state index contributed by atoms with van der Waals surface area (Å²) in [6, 6.07) is 8.71. The van der Waals surface area contributed by atoms with Crippen molar-refractivity contribution in [3.05, 3.63) is 57.0 Å². The number of benzene rings is 1. The van der Waals surface area contributed by atoms with Gasteiger partial charge in [0.15, 0.2) is 0 Å². The standard InChI is InChI=1S/C16H18FNOS2/c1-11-9-14(12(2)21-11)16(19)18-7-8-20-10-13-5-3-4-6-15(13)17/h3-6,9H,7-8,10H2,1-2H3,(H,18,19). The van der Waals surface area contributed by atoms with E-state index in [0.29, 0.717) is 17.9 Å². The second-order valence-corrected chi connectivity index (χ2v) is 7.29. The van der Waals surface area contributed by atoms with Gasteiger partial charge in [-0.2, -0.15) is 11.8 Å². The van der Waals surface area contributed by atoms with Gasteiger partial charge in [0.1, 0.15) is 5.82 Å². The van der Waals surface area contributed by atoms with Crippen LogP contribution in [0.15, 0.2) is 30.3 Å². The second-order valence-electron chi connectivity index (χ2n) is 4.73. The smallest absolute Gasteiger partial charge is 0.252 e. The van der Waals surface area contributed by atoms with E-state index in [2.05, 4.69) is 5.32 Å². The molecule has 112 valence electrons. The predicted octanol–water partition coefficient (Wildman–Crippen LogP) is 4.17. The van der Waals surface area contributed by atoms with E-state index in [1.165, 1.54) is 6.07 Å². The van der Waals surface area contributed by atoms with Crippen LogP contribution >= 0.6 is 23.1 Å². The van der Waals surface area contributed by atoms with Gasteiger partial charge in [0, 0.05) is 27.8 Å². The lowest BCUT2D eigenvalue weighted by molar-refractivity contribution is 0.0956. The van der Waals surface area contributed by atoms with Crippen molar-refractivity contribution >= 4 is 29.0 Å². The van der Waals surface area contributed by atoms with Gasteiger partial charge < -0.3 is 5.32 Å². The molecular weight excluding hydrogens is 305 g/mol. The van der Waals surface area contributed by atoms with E-state index < -0.39 is 0 Å². The number of nitrogens with one attached hydrogen (secondary N) is 1. The fourth-order valence-corrected chi connectivity index (χ4v) is 3.75. The fourth-order valence-electron chi connectivity index (χ4n) is 1.99. The van der Waals surface area contributed by atoms with Crippen LogP contribution in [0.1, 0.15) is 25.7 Å². The molecule has 0 atom stereocenters. The molecule has 0 spiro atoms. The number of hydrogen-bond acceptors (Lipinski definition) is 3. The molecule has 1 amide bonds. The lowest BCUT2D eigenvalue weighted by Crippen LogP contribution is -2.25. The molecule has 1 heterocycles. The minimum atomic E-state index is -0.168. The van der Waals surface area contributed by atoms with Gasteiger partial charge in [-0.1, -0.05) is 18.2 Å². The molecule has 1 aromatic carbocycles. The molecule has 0 radical (unpaired) electrons. The average Bonchev–Trinajstić information content (AvgIpc) is 2.79. The number of carbonyl (C=O) groups is 1. The molecule has 0 unspecified atom stereocenters. The molecule has 1 aromatic heterocycles. The maximum absolute atomic E-state index is 13.4. The Morgan fingerprint density at radius 1 is 1.33 bits per heavy atom. The monoisotopic (exact) mass is 323 g/mol. The van der Waals surface area contributed by atoms with Crippen molar-refractivity contribution in [2.75, 3.05) is 12.3 Å². The summed E-state index contributed by atoms with van der Waals surface area (Å²) in [6.45, 7) is 4.55. The van der Waals surface area contributed by atoms with Crippen molar-refractivity contribution in [1.29, 1.82) is 0 Å². The molecule has 0 saturated heterocycles. The van der Waals surface area contributed by atoms with Crippen LogP contribution in [-0.2, 0) is 5.75 Å². The molecule has 0 aliphatic heterocycles. The van der Waals surface area contributed by atoms with Gasteiger partial charge in [-0.15, -0.1) is 11.3 Å². The van der Waals surface area contributed by atoms with E-state index in [-0.39, 0.29) is 11.7 Å². The number of halogens is 1. The van der Waals surface area contributed by atoms with Crippen molar-refractivity contribution in [3.8, 4) is 0 Å². The van der Waals surface area contributed by atoms with E-state index in [0.717, 1.165) is 21.1 Å². The molecule has 2 aromatic rings. The highest BCUT2D eigenvalue weighted by Crippen LogP contribution is 2.20. The van der Waals surface area contributed by atoms with Gasteiger partial charge in [0.25, 0.3) is 5.91 Å². The fraction of sp³-hybridized carbons (Fsp3) is 0.312. The van der Waals surface area contributed by atoms with Crippen molar-refractivity contribution in [3.63, 3.8) is 0 Å². The maximum atomic E-state index is 13.4. The van der Waals surface area contributed by atoms with Gasteiger partial charge in [0.05, 0.1) is 5.56 Å². The summed E-state index contributed by atoms with van der Waals surface area (Å²) in [6.07, 6.45) is 0. The van der Waals surface area contributed by atoms with Crippen LogP contribution < -0.4 is 5.32 Å². The van der Waals surface area contributed by atoms with Crippen LogP contribution in [0.2, 0.25) is 0 Å². The van der Waals surface area contributed by atoms with Crippen LogP contribution in [0.25, 0.3) is 0 Å². The Hall–Kier alpha value is -1.33. The summed E-state index contributed by atoms with van der Waals surface area (Å²) >= 11 is 3.25. The van der Waals surface area contributed by atoms with Crippen LogP contribution in [0.3, 0.4) is 0 Å². The molecule has 2 nitrogen and oxygen atoms in total. The molecule has 0 aliphatic rings. The number of amides is 1. The van der Waals surface area contributed by atoms with Crippen LogP contribution in [-0.4, -0.2) is 18.2 Å². The third kappa shape index (κ3) is 4.58. The Kier molecular flexibility index (Phi) is 5.82. The highest BCUT2D eigenvalue weighted by atomic mass is 32.2. The van der Waals surface area contributed by atoms with Gasteiger partial charge in [-0.3, -0.25) is 4.79 Å². The van der Waals surface area contributed by atoms with E-state index in [1.54, 1.807) is 35.2 Å². The van der Waals surface area contributed by atoms with E-state index in [9.17, 15) is 9.18 Å². The first-order chi connectivity index (χ1) is 10.1. The normalized spacial score (nSPS) is 10.6. The van der Waals surface area contributed by atoms with Crippen LogP contribution in [0, 0.1) is 19.7 Å². The lowest BCUT2D eigenvalue weighted by atomic mass is 10.2. The number of thioether (sulfide) groups is 1. The summed E-state index contributed by atoms with van der Waals surface area (Å²) in [4.78, 5) is 14.2. The molecule has 0 saturated carbocycles. The van der Waals surface area contributed by atoms with Gasteiger partial charge in [0.2, 0.25) is 0 Å². The topological polar surface area (TPSA) is 29.1 Å². The lowest BCUT2D eigenvalue weighted by Gasteiger charge is -2.05. The highest BCUT2D eigenvalue weighted by Gasteiger charge is 2.11. The van der Waals surface area contributed by atoms with Gasteiger partial charge in [-0.25, -0.2) is 4.39 Å². The Bertz CT molecular complexity index is 624. The van der Waals surface area contributed by atoms with Crippen LogP contribution in [0.4, 0.5) is 4.39 Å². The molecule has 1 N–H and O–H groups in total. The van der Waals surface area contributed by atoms with E-state index in [4.69, 9.17) is 0 Å². The summed E-state index contributed by atoms with van der Waals surface area (Å²) in [5, 5.41) is 2.91. The third-order valence-electron chi connectivity index (χ3n) is 3.03. The molecule has 5 heteroatoms. The zero-order chi connectivity index (χ0) is 15.2. The third-order valence-corrected chi connectivity index (χ3v) is 5.01. The Labute approximate surface area is 132 Å². The van der Waals surface area contributed by atoms with E-state index in [1.807, 2.05) is 26.0 Å². The zero-order valence-corrected chi connectivity index (χ0v) is 13.7. The Morgan fingerprint density at radius 3 is 2.76 bits per heavy atom. The van der Waals surface area contributed by atoms with Gasteiger partial charge >= 0.3 is 0 Å². The number of carbonyl (C=O) groups excluding carboxylic acids is 1. The minimum absolute atomic E-state index is 0.0247. The summed E-state index contributed by atoms with van der Waals surface area (Å²) in [5.74, 6) is 1.20. The van der Waals surface area contributed by atoms with Crippen molar-refractivity contribution in [1.82, 2.24) is 5.32 Å². The molecule has 21 heavy (non-hydrogen) atoms. The average molecular weight is 323 g/mol. The molecule has 2 rings (SSSR count). The van der Waals surface area contributed by atoms with Crippen molar-refractivity contribution in [2.24, 2.45) is 0 Å². The summed E-state index contributed by atoms with van der Waals surface area (Å²) in [5.41, 5.74) is 1.47. The first-order valence-electron chi connectivity index (χ1n) is 6.74. The summed E-state index contributed by atoms with van der Waals surface area (Å²) < 4.78 is 13.4. The Balaban J connectivity index is 1.72. The second kappa shape index (κ2) is 7.61. The molecular formula is C16H18FNOS2. The number of rotatable bonds is 6. The predicted molar refractivity (Wildman–Crippen MR) is 88.7 cm³/mol. The number of hydrogen-bond donors (Lipinski definition) is 1. The molecule has 0 fully saturated rings.